The van der Waals surface area contributed by atoms with Gasteiger partial charge in [0.15, 0.2) is 0 Å². The van der Waals surface area contributed by atoms with Gasteiger partial charge in [-0.2, -0.15) is 0 Å². The van der Waals surface area contributed by atoms with Crippen LogP contribution in [0.5, 0.6) is 0 Å². The summed E-state index contributed by atoms with van der Waals surface area (Å²) in [6.07, 6.45) is 2.11. The Hall–Kier alpha value is -1.65. The van der Waals surface area contributed by atoms with Gasteiger partial charge in [-0.3, -0.25) is 4.79 Å². The lowest BCUT2D eigenvalue weighted by atomic mass is 10.1. The molecule has 0 bridgehead atoms. The number of benzene rings is 1. The first-order valence-corrected chi connectivity index (χ1v) is 6.91. The van der Waals surface area contributed by atoms with Gasteiger partial charge >= 0.3 is 0 Å². The Labute approximate surface area is 122 Å². The lowest BCUT2D eigenvalue weighted by Gasteiger charge is -2.19. The number of aromatic nitrogens is 1. The van der Waals surface area contributed by atoms with Crippen molar-refractivity contribution in [2.45, 2.75) is 18.9 Å². The number of amides is 1. The van der Waals surface area contributed by atoms with Gasteiger partial charge in [0.05, 0.1) is 11.2 Å². The molecule has 3 rings (SSSR count). The second-order valence-electron chi connectivity index (χ2n) is 5.48. The fourth-order valence-corrected chi connectivity index (χ4v) is 2.83. The van der Waals surface area contributed by atoms with Crippen LogP contribution in [-0.2, 0) is 0 Å². The molecule has 1 amide bonds. The fourth-order valence-electron chi connectivity index (χ4n) is 2.62. The van der Waals surface area contributed by atoms with Gasteiger partial charge in [-0.25, -0.2) is 4.98 Å². The maximum atomic E-state index is 12.6. The molecule has 1 unspecified atom stereocenters. The van der Waals surface area contributed by atoms with Crippen LogP contribution in [0, 0.1) is 0 Å². The standard InChI is InChI=1S/C15H15ClN2O2/c1-15(20)6-7-18(9-15)14(19)12-8-17-13(16)11-5-3-2-4-10(11)12/h2-5,8,20H,6-7,9H2,1H3. The number of carbonyl (C=O) groups excluding carboxylic acids is 1. The first kappa shape index (κ1) is 13.3. The Morgan fingerprint density at radius 3 is 2.75 bits per heavy atom. The van der Waals surface area contributed by atoms with Crippen molar-refractivity contribution in [2.75, 3.05) is 13.1 Å². The number of hydrogen-bond donors (Lipinski definition) is 1. The largest absolute Gasteiger partial charge is 0.388 e. The van der Waals surface area contributed by atoms with Gasteiger partial charge in [0.2, 0.25) is 0 Å². The van der Waals surface area contributed by atoms with Crippen LogP contribution in [0.4, 0.5) is 0 Å². The van der Waals surface area contributed by atoms with E-state index < -0.39 is 5.60 Å². The van der Waals surface area contributed by atoms with E-state index in [4.69, 9.17) is 11.6 Å². The van der Waals surface area contributed by atoms with Gasteiger partial charge in [-0.1, -0.05) is 35.9 Å². The molecule has 1 saturated heterocycles. The summed E-state index contributed by atoms with van der Waals surface area (Å²) in [6.45, 7) is 2.66. The molecular formula is C15H15ClN2O2. The van der Waals surface area contributed by atoms with Crippen LogP contribution in [0.1, 0.15) is 23.7 Å². The normalized spacial score (nSPS) is 22.4. The molecule has 5 heteroatoms. The van der Waals surface area contributed by atoms with Crippen LogP contribution < -0.4 is 0 Å². The van der Waals surface area contributed by atoms with E-state index in [1.54, 1.807) is 11.8 Å². The van der Waals surface area contributed by atoms with Gasteiger partial charge in [0, 0.05) is 24.7 Å². The summed E-state index contributed by atoms with van der Waals surface area (Å²) < 4.78 is 0. The van der Waals surface area contributed by atoms with Crippen LogP contribution >= 0.6 is 11.6 Å². The molecular weight excluding hydrogens is 276 g/mol. The summed E-state index contributed by atoms with van der Waals surface area (Å²) in [4.78, 5) is 18.3. The quantitative estimate of drug-likeness (QED) is 0.821. The van der Waals surface area contributed by atoms with Crippen LogP contribution in [0.25, 0.3) is 10.8 Å². The molecule has 1 N–H and O–H groups in total. The maximum Gasteiger partial charge on any atom is 0.256 e. The van der Waals surface area contributed by atoms with Crippen molar-refractivity contribution in [1.29, 1.82) is 0 Å². The number of fused-ring (bicyclic) bond motifs is 1. The third-order valence-electron chi connectivity index (χ3n) is 3.72. The molecule has 0 radical (unpaired) electrons. The lowest BCUT2D eigenvalue weighted by Crippen LogP contribution is -2.34. The van der Waals surface area contributed by atoms with Crippen LogP contribution in [0.3, 0.4) is 0 Å². The molecule has 20 heavy (non-hydrogen) atoms. The minimum Gasteiger partial charge on any atom is -0.388 e. The van der Waals surface area contributed by atoms with Gasteiger partial charge < -0.3 is 10.0 Å². The monoisotopic (exact) mass is 290 g/mol. The summed E-state index contributed by atoms with van der Waals surface area (Å²) >= 11 is 6.06. The molecule has 4 nitrogen and oxygen atoms in total. The van der Waals surface area contributed by atoms with E-state index in [0.717, 1.165) is 10.8 Å². The summed E-state index contributed by atoms with van der Waals surface area (Å²) in [5, 5.41) is 11.9. The van der Waals surface area contributed by atoms with E-state index in [0.29, 0.717) is 30.2 Å². The predicted octanol–water partition coefficient (Wildman–Crippen LogP) is 2.49. The molecule has 104 valence electrons. The van der Waals surface area contributed by atoms with E-state index in [1.807, 2.05) is 24.3 Å². The minimum absolute atomic E-state index is 0.108. The second kappa shape index (κ2) is 4.72. The first-order valence-electron chi connectivity index (χ1n) is 6.53. The highest BCUT2D eigenvalue weighted by atomic mass is 35.5. The molecule has 0 spiro atoms. The van der Waals surface area contributed by atoms with Crippen molar-refractivity contribution in [3.8, 4) is 0 Å². The number of aliphatic hydroxyl groups is 1. The van der Waals surface area contributed by atoms with Gasteiger partial charge in [0.1, 0.15) is 5.15 Å². The molecule has 1 fully saturated rings. The molecule has 1 atom stereocenters. The number of hydrogen-bond acceptors (Lipinski definition) is 3. The number of halogens is 1. The maximum absolute atomic E-state index is 12.6. The number of nitrogens with zero attached hydrogens (tertiary/aromatic N) is 2. The fraction of sp³-hybridized carbons (Fsp3) is 0.333. The van der Waals surface area contributed by atoms with Crippen molar-refractivity contribution in [3.63, 3.8) is 0 Å². The van der Waals surface area contributed by atoms with E-state index in [9.17, 15) is 9.90 Å². The third kappa shape index (κ3) is 2.25. The Kier molecular flexibility index (Phi) is 3.15. The number of pyridine rings is 1. The number of likely N-dealkylation sites (tertiary alicyclic amines) is 1. The van der Waals surface area contributed by atoms with E-state index in [2.05, 4.69) is 4.98 Å². The second-order valence-corrected chi connectivity index (χ2v) is 5.84. The predicted molar refractivity (Wildman–Crippen MR) is 77.9 cm³/mol. The topological polar surface area (TPSA) is 53.4 Å². The van der Waals surface area contributed by atoms with Crippen LogP contribution in [-0.4, -0.2) is 39.6 Å². The smallest absolute Gasteiger partial charge is 0.256 e. The SMILES string of the molecule is CC1(O)CCN(C(=O)c2cnc(Cl)c3ccccc23)C1. The molecule has 1 aliphatic rings. The van der Waals surface area contributed by atoms with Crippen LogP contribution in [0.2, 0.25) is 5.15 Å². The molecule has 0 aliphatic carbocycles. The molecule has 1 aromatic heterocycles. The molecule has 1 aromatic carbocycles. The Bertz CT molecular complexity index is 685. The zero-order valence-electron chi connectivity index (χ0n) is 11.1. The summed E-state index contributed by atoms with van der Waals surface area (Å²) in [5.41, 5.74) is -0.270. The molecule has 2 heterocycles. The van der Waals surface area contributed by atoms with Crippen molar-refractivity contribution >= 4 is 28.3 Å². The highest BCUT2D eigenvalue weighted by Crippen LogP contribution is 2.27. The average molecular weight is 291 g/mol. The summed E-state index contributed by atoms with van der Waals surface area (Å²) in [7, 11) is 0. The first-order chi connectivity index (χ1) is 9.48. The van der Waals surface area contributed by atoms with Crippen molar-refractivity contribution in [3.05, 3.63) is 41.2 Å². The van der Waals surface area contributed by atoms with Crippen molar-refractivity contribution < 1.29 is 9.90 Å². The van der Waals surface area contributed by atoms with Gasteiger partial charge in [-0.15, -0.1) is 0 Å². The van der Waals surface area contributed by atoms with E-state index in [1.165, 1.54) is 6.20 Å². The summed E-state index contributed by atoms with van der Waals surface area (Å²) in [6, 6.07) is 7.45. The molecule has 2 aromatic rings. The van der Waals surface area contributed by atoms with Gasteiger partial charge in [-0.05, 0) is 18.7 Å². The number of carbonyl (C=O) groups is 1. The lowest BCUT2D eigenvalue weighted by molar-refractivity contribution is 0.0573. The highest BCUT2D eigenvalue weighted by molar-refractivity contribution is 6.34. The van der Waals surface area contributed by atoms with E-state index >= 15 is 0 Å². The third-order valence-corrected chi connectivity index (χ3v) is 4.02. The Morgan fingerprint density at radius 2 is 2.10 bits per heavy atom. The van der Waals surface area contributed by atoms with Crippen LogP contribution in [0.15, 0.2) is 30.5 Å². The minimum atomic E-state index is -0.800. The van der Waals surface area contributed by atoms with E-state index in [-0.39, 0.29) is 5.91 Å². The average Bonchev–Trinajstić information content (AvgIpc) is 2.79. The zero-order chi connectivity index (χ0) is 14.3. The Balaban J connectivity index is 2.03. The molecule has 0 saturated carbocycles. The highest BCUT2D eigenvalue weighted by Gasteiger charge is 2.34. The zero-order valence-corrected chi connectivity index (χ0v) is 11.9. The van der Waals surface area contributed by atoms with Crippen molar-refractivity contribution in [1.82, 2.24) is 9.88 Å². The number of β-amino-alcohol motifs (C(OH)–C–C–N with tert-alkyl or cyclic N) is 1. The summed E-state index contributed by atoms with van der Waals surface area (Å²) in [5.74, 6) is -0.108. The molecule has 1 aliphatic heterocycles. The number of rotatable bonds is 1. The Morgan fingerprint density at radius 1 is 1.40 bits per heavy atom. The van der Waals surface area contributed by atoms with Gasteiger partial charge in [0.25, 0.3) is 5.91 Å². The van der Waals surface area contributed by atoms with Crippen molar-refractivity contribution in [2.24, 2.45) is 0 Å².